The van der Waals surface area contributed by atoms with Crippen molar-refractivity contribution in [3.8, 4) is 5.75 Å². The molecule has 1 N–H and O–H groups in total. The number of hydrogen-bond acceptors (Lipinski definition) is 4. The van der Waals surface area contributed by atoms with Crippen LogP contribution in [0.15, 0.2) is 24.3 Å². The molecule has 2 aromatic rings. The molecule has 1 aromatic carbocycles. The highest BCUT2D eigenvalue weighted by molar-refractivity contribution is 6.40. The summed E-state index contributed by atoms with van der Waals surface area (Å²) in [5.74, 6) is -1.48. The van der Waals surface area contributed by atoms with E-state index in [2.05, 4.69) is 0 Å². The summed E-state index contributed by atoms with van der Waals surface area (Å²) in [5, 5.41) is 10.3. The van der Waals surface area contributed by atoms with E-state index in [0.29, 0.717) is 11.9 Å². The third-order valence-electron chi connectivity index (χ3n) is 2.93. The summed E-state index contributed by atoms with van der Waals surface area (Å²) in [7, 11) is 0. The highest BCUT2D eigenvalue weighted by Gasteiger charge is 2.23. The third kappa shape index (κ3) is 2.19. The number of aryl methyl sites for hydroxylation is 1. The van der Waals surface area contributed by atoms with E-state index >= 15 is 0 Å². The molecule has 1 aromatic heterocycles. The molecule has 5 nitrogen and oxygen atoms in total. The monoisotopic (exact) mass is 261 g/mol. The molecule has 0 aliphatic rings. The lowest BCUT2D eigenvalue weighted by Crippen LogP contribution is -2.20. The highest BCUT2D eigenvalue weighted by atomic mass is 16.5. The van der Waals surface area contributed by atoms with Crippen LogP contribution < -0.4 is 0 Å². The number of carbonyl (C=O) groups is 2. The number of Topliss-reactive ketones (excluding diaryl/α,β-unsaturated/α-hetero) is 1. The van der Waals surface area contributed by atoms with Gasteiger partial charge in [-0.1, -0.05) is 6.07 Å². The molecule has 0 unspecified atom stereocenters. The first-order chi connectivity index (χ1) is 9.10. The quantitative estimate of drug-likeness (QED) is 0.520. The van der Waals surface area contributed by atoms with Gasteiger partial charge in [0.25, 0.3) is 5.78 Å². The van der Waals surface area contributed by atoms with E-state index in [1.165, 1.54) is 6.07 Å². The minimum Gasteiger partial charge on any atom is -0.507 e. The first-order valence-electron chi connectivity index (χ1n) is 6.12. The van der Waals surface area contributed by atoms with Crippen molar-refractivity contribution < 1.29 is 19.4 Å². The Balaban J connectivity index is 2.57. The number of hydrogen-bond donors (Lipinski definition) is 1. The molecule has 0 fully saturated rings. The molecular formula is C14H15NO4. The SMILES string of the molecule is CCOC(=O)C(=O)c1cc2c(O)cccc2n1CC. The number of ether oxygens (including phenoxy) is 1. The highest BCUT2D eigenvalue weighted by Crippen LogP contribution is 2.28. The van der Waals surface area contributed by atoms with Crippen LogP contribution in [-0.4, -0.2) is 28.0 Å². The Morgan fingerprint density at radius 2 is 2.05 bits per heavy atom. The molecule has 0 atom stereocenters. The van der Waals surface area contributed by atoms with Crippen LogP contribution in [0.1, 0.15) is 24.3 Å². The first-order valence-corrected chi connectivity index (χ1v) is 6.12. The molecular weight excluding hydrogens is 246 g/mol. The zero-order valence-electron chi connectivity index (χ0n) is 10.8. The molecule has 100 valence electrons. The van der Waals surface area contributed by atoms with Gasteiger partial charge >= 0.3 is 5.97 Å². The molecule has 0 amide bonds. The fourth-order valence-corrected chi connectivity index (χ4v) is 2.10. The van der Waals surface area contributed by atoms with E-state index in [-0.39, 0.29) is 18.1 Å². The largest absolute Gasteiger partial charge is 0.507 e. The Bertz CT molecular complexity index is 642. The molecule has 0 spiro atoms. The van der Waals surface area contributed by atoms with Gasteiger partial charge in [0.2, 0.25) is 0 Å². The van der Waals surface area contributed by atoms with Crippen molar-refractivity contribution in [2.24, 2.45) is 0 Å². The zero-order chi connectivity index (χ0) is 14.0. The summed E-state index contributed by atoms with van der Waals surface area (Å²) in [6.45, 7) is 4.19. The summed E-state index contributed by atoms with van der Waals surface area (Å²) >= 11 is 0. The van der Waals surface area contributed by atoms with Crippen LogP contribution in [0.4, 0.5) is 0 Å². The van der Waals surface area contributed by atoms with E-state index in [1.54, 1.807) is 29.7 Å². The predicted molar refractivity (Wildman–Crippen MR) is 70.2 cm³/mol. The molecule has 1 heterocycles. The number of phenols is 1. The Kier molecular flexibility index (Phi) is 3.55. The Labute approximate surface area is 110 Å². The van der Waals surface area contributed by atoms with Crippen LogP contribution in [0.2, 0.25) is 0 Å². The van der Waals surface area contributed by atoms with Gasteiger partial charge in [-0.2, -0.15) is 0 Å². The van der Waals surface area contributed by atoms with E-state index in [1.807, 2.05) is 6.92 Å². The van der Waals surface area contributed by atoms with Crippen LogP contribution in [0.3, 0.4) is 0 Å². The van der Waals surface area contributed by atoms with Crippen molar-refractivity contribution in [2.75, 3.05) is 6.61 Å². The zero-order valence-corrected chi connectivity index (χ0v) is 10.8. The van der Waals surface area contributed by atoms with Gasteiger partial charge in [-0.3, -0.25) is 4.79 Å². The Morgan fingerprint density at radius 1 is 1.32 bits per heavy atom. The summed E-state index contributed by atoms with van der Waals surface area (Å²) in [6, 6.07) is 6.55. The van der Waals surface area contributed by atoms with E-state index in [0.717, 1.165) is 5.52 Å². The van der Waals surface area contributed by atoms with Gasteiger partial charge in [0.15, 0.2) is 0 Å². The number of esters is 1. The average Bonchev–Trinajstić information content (AvgIpc) is 2.78. The van der Waals surface area contributed by atoms with Gasteiger partial charge in [-0.25, -0.2) is 4.79 Å². The van der Waals surface area contributed by atoms with Gasteiger partial charge in [-0.05, 0) is 32.0 Å². The van der Waals surface area contributed by atoms with Crippen LogP contribution in [-0.2, 0) is 16.1 Å². The lowest BCUT2D eigenvalue weighted by molar-refractivity contribution is -0.137. The second-order valence-electron chi connectivity index (χ2n) is 4.03. The van der Waals surface area contributed by atoms with Crippen LogP contribution in [0.25, 0.3) is 10.9 Å². The molecule has 2 rings (SSSR count). The van der Waals surface area contributed by atoms with E-state index in [4.69, 9.17) is 4.74 Å². The molecule has 0 bridgehead atoms. The maximum Gasteiger partial charge on any atom is 0.381 e. The van der Waals surface area contributed by atoms with Crippen LogP contribution >= 0.6 is 0 Å². The Hall–Kier alpha value is -2.30. The van der Waals surface area contributed by atoms with Gasteiger partial charge < -0.3 is 14.4 Å². The maximum atomic E-state index is 12.0. The number of nitrogens with zero attached hydrogens (tertiary/aromatic N) is 1. The predicted octanol–water partition coefficient (Wildman–Crippen LogP) is 2.11. The standard InChI is InChI=1S/C14H15NO4/c1-3-15-10-6-5-7-12(16)9(10)8-11(15)13(17)14(18)19-4-2/h5-8,16H,3-4H2,1-2H3. The second kappa shape index (κ2) is 5.14. The van der Waals surface area contributed by atoms with Crippen molar-refractivity contribution in [1.29, 1.82) is 0 Å². The summed E-state index contributed by atoms with van der Waals surface area (Å²) in [5.41, 5.74) is 0.951. The Morgan fingerprint density at radius 3 is 2.68 bits per heavy atom. The number of aromatic nitrogens is 1. The minimum absolute atomic E-state index is 0.0857. The fourth-order valence-electron chi connectivity index (χ4n) is 2.10. The third-order valence-corrected chi connectivity index (χ3v) is 2.93. The maximum absolute atomic E-state index is 12.0. The molecule has 0 saturated heterocycles. The van der Waals surface area contributed by atoms with Crippen molar-refractivity contribution >= 4 is 22.7 Å². The summed E-state index contributed by atoms with van der Waals surface area (Å²) in [4.78, 5) is 23.5. The van der Waals surface area contributed by atoms with Gasteiger partial charge in [-0.15, -0.1) is 0 Å². The van der Waals surface area contributed by atoms with Crippen LogP contribution in [0, 0.1) is 0 Å². The van der Waals surface area contributed by atoms with Gasteiger partial charge in [0.05, 0.1) is 17.8 Å². The molecule has 0 aliphatic heterocycles. The molecule has 5 heteroatoms. The second-order valence-corrected chi connectivity index (χ2v) is 4.03. The lowest BCUT2D eigenvalue weighted by Gasteiger charge is -2.06. The van der Waals surface area contributed by atoms with Crippen molar-refractivity contribution in [1.82, 2.24) is 4.57 Å². The average molecular weight is 261 g/mol. The lowest BCUT2D eigenvalue weighted by atomic mass is 10.2. The van der Waals surface area contributed by atoms with Gasteiger partial charge in [0, 0.05) is 11.9 Å². The number of aromatic hydroxyl groups is 1. The van der Waals surface area contributed by atoms with Crippen LogP contribution in [0.5, 0.6) is 5.75 Å². The number of benzene rings is 1. The minimum atomic E-state index is -0.875. The number of ketones is 1. The van der Waals surface area contributed by atoms with Crippen molar-refractivity contribution in [3.63, 3.8) is 0 Å². The number of fused-ring (bicyclic) bond motifs is 1. The molecule has 0 saturated carbocycles. The normalized spacial score (nSPS) is 10.6. The number of rotatable bonds is 4. The number of carbonyl (C=O) groups excluding carboxylic acids is 2. The molecule has 0 radical (unpaired) electrons. The first kappa shape index (κ1) is 13.1. The van der Waals surface area contributed by atoms with Crippen molar-refractivity contribution in [2.45, 2.75) is 20.4 Å². The molecule has 19 heavy (non-hydrogen) atoms. The smallest absolute Gasteiger partial charge is 0.381 e. The topological polar surface area (TPSA) is 68.5 Å². The van der Waals surface area contributed by atoms with Crippen molar-refractivity contribution in [3.05, 3.63) is 30.0 Å². The number of phenolic OH excluding ortho intramolecular Hbond substituents is 1. The summed E-state index contributed by atoms with van der Waals surface area (Å²) in [6.07, 6.45) is 0. The summed E-state index contributed by atoms with van der Waals surface area (Å²) < 4.78 is 6.41. The van der Waals surface area contributed by atoms with E-state index < -0.39 is 11.8 Å². The fraction of sp³-hybridized carbons (Fsp3) is 0.286. The molecule has 0 aliphatic carbocycles. The van der Waals surface area contributed by atoms with E-state index in [9.17, 15) is 14.7 Å². The van der Waals surface area contributed by atoms with Gasteiger partial charge in [0.1, 0.15) is 5.75 Å².